The van der Waals surface area contributed by atoms with E-state index in [9.17, 15) is 0 Å². The first kappa shape index (κ1) is 10.2. The van der Waals surface area contributed by atoms with Crippen LogP contribution in [0.1, 0.15) is 5.56 Å². The third-order valence-corrected chi connectivity index (χ3v) is 2.23. The van der Waals surface area contributed by atoms with E-state index >= 15 is 0 Å². The first-order valence-electron chi connectivity index (χ1n) is 5.02. The molecule has 0 fully saturated rings. The molecule has 0 spiro atoms. The summed E-state index contributed by atoms with van der Waals surface area (Å²) in [5.41, 5.74) is 1.09. The first-order chi connectivity index (χ1) is 7.90. The Kier molecular flexibility index (Phi) is 3.15. The van der Waals surface area contributed by atoms with Gasteiger partial charge >= 0.3 is 0 Å². The van der Waals surface area contributed by atoms with Crippen molar-refractivity contribution in [2.45, 2.75) is 6.54 Å². The molecule has 0 aliphatic rings. The van der Waals surface area contributed by atoms with Crippen LogP contribution in [0.15, 0.2) is 54.7 Å². The largest absolute Gasteiger partial charge is 0.259 e. The molecular weight excluding hydrogens is 198 g/mol. The third kappa shape index (κ3) is 2.37. The fraction of sp³-hybridized carbons (Fsp3) is 0.0769. The number of anilines is 1. The van der Waals surface area contributed by atoms with Crippen LogP contribution in [0, 0.1) is 11.5 Å². The van der Waals surface area contributed by atoms with E-state index in [0.717, 1.165) is 5.56 Å². The minimum atomic E-state index is 0.550. The van der Waals surface area contributed by atoms with E-state index in [0.29, 0.717) is 12.4 Å². The smallest absolute Gasteiger partial charge is 0.185 e. The first-order valence-corrected chi connectivity index (χ1v) is 5.02. The Morgan fingerprint density at radius 1 is 1.06 bits per heavy atom. The maximum atomic E-state index is 9.08. The summed E-state index contributed by atoms with van der Waals surface area (Å²) in [6.45, 7) is 0.550. The van der Waals surface area contributed by atoms with Crippen molar-refractivity contribution in [2.24, 2.45) is 0 Å². The molecule has 1 aromatic heterocycles. The van der Waals surface area contributed by atoms with Gasteiger partial charge in [0.15, 0.2) is 6.19 Å². The fourth-order valence-electron chi connectivity index (χ4n) is 1.45. The average molecular weight is 209 g/mol. The van der Waals surface area contributed by atoms with E-state index in [1.807, 2.05) is 48.5 Å². The fourth-order valence-corrected chi connectivity index (χ4v) is 1.45. The van der Waals surface area contributed by atoms with Gasteiger partial charge in [-0.2, -0.15) is 5.26 Å². The van der Waals surface area contributed by atoms with Crippen LogP contribution in [0.25, 0.3) is 0 Å². The number of nitrogens with zero attached hydrogens (tertiary/aromatic N) is 3. The van der Waals surface area contributed by atoms with Gasteiger partial charge in [-0.1, -0.05) is 36.4 Å². The van der Waals surface area contributed by atoms with Crippen LogP contribution in [0.4, 0.5) is 5.82 Å². The maximum absolute atomic E-state index is 9.08. The zero-order chi connectivity index (χ0) is 11.2. The SMILES string of the molecule is N#CN(Cc1ccccc1)c1ccccn1. The number of nitriles is 1. The monoisotopic (exact) mass is 209 g/mol. The molecule has 0 amide bonds. The van der Waals surface area contributed by atoms with E-state index in [-0.39, 0.29) is 0 Å². The van der Waals surface area contributed by atoms with E-state index in [1.54, 1.807) is 11.1 Å². The summed E-state index contributed by atoms with van der Waals surface area (Å²) in [6.07, 6.45) is 3.82. The Morgan fingerprint density at radius 3 is 2.44 bits per heavy atom. The van der Waals surface area contributed by atoms with Gasteiger partial charge in [-0.15, -0.1) is 0 Å². The molecule has 0 aliphatic carbocycles. The number of hydrogen-bond donors (Lipinski definition) is 0. The van der Waals surface area contributed by atoms with Crippen LogP contribution in [-0.2, 0) is 6.54 Å². The summed E-state index contributed by atoms with van der Waals surface area (Å²) in [5, 5.41) is 9.08. The molecule has 0 N–H and O–H groups in total. The van der Waals surface area contributed by atoms with Crippen LogP contribution in [-0.4, -0.2) is 4.98 Å². The molecule has 3 nitrogen and oxygen atoms in total. The molecule has 1 aromatic carbocycles. The standard InChI is InChI=1S/C13H11N3/c14-11-16(13-8-4-5-9-15-13)10-12-6-2-1-3-7-12/h1-9H,10H2. The van der Waals surface area contributed by atoms with Crippen molar-refractivity contribution in [2.75, 3.05) is 4.90 Å². The molecule has 0 saturated heterocycles. The third-order valence-electron chi connectivity index (χ3n) is 2.23. The zero-order valence-corrected chi connectivity index (χ0v) is 8.74. The summed E-state index contributed by atoms with van der Waals surface area (Å²) in [5.74, 6) is 0.675. The molecule has 0 atom stereocenters. The average Bonchev–Trinajstić information content (AvgIpc) is 2.38. The predicted octanol–water partition coefficient (Wildman–Crippen LogP) is 2.57. The molecule has 0 bridgehead atoms. The molecule has 2 aromatic rings. The Hall–Kier alpha value is -2.34. The summed E-state index contributed by atoms with van der Waals surface area (Å²) < 4.78 is 0. The van der Waals surface area contributed by atoms with E-state index in [1.165, 1.54) is 0 Å². The van der Waals surface area contributed by atoms with E-state index < -0.39 is 0 Å². The van der Waals surface area contributed by atoms with Gasteiger partial charge in [-0.3, -0.25) is 4.90 Å². The number of pyridine rings is 1. The molecule has 0 radical (unpaired) electrons. The molecule has 0 aliphatic heterocycles. The van der Waals surface area contributed by atoms with Crippen molar-refractivity contribution < 1.29 is 0 Å². The van der Waals surface area contributed by atoms with Gasteiger partial charge in [0.05, 0.1) is 6.54 Å². The normalized spacial score (nSPS) is 9.44. The lowest BCUT2D eigenvalue weighted by Crippen LogP contribution is -2.16. The summed E-state index contributed by atoms with van der Waals surface area (Å²) in [4.78, 5) is 5.71. The van der Waals surface area contributed by atoms with Gasteiger partial charge in [-0.25, -0.2) is 4.98 Å². The van der Waals surface area contributed by atoms with Gasteiger partial charge in [0, 0.05) is 6.20 Å². The van der Waals surface area contributed by atoms with Crippen LogP contribution in [0.3, 0.4) is 0 Å². The predicted molar refractivity (Wildman–Crippen MR) is 62.5 cm³/mol. The Labute approximate surface area is 94.6 Å². The van der Waals surface area contributed by atoms with Gasteiger partial charge in [0.1, 0.15) is 5.82 Å². The van der Waals surface area contributed by atoms with Gasteiger partial charge in [-0.05, 0) is 17.7 Å². The lowest BCUT2D eigenvalue weighted by atomic mass is 10.2. The lowest BCUT2D eigenvalue weighted by Gasteiger charge is -2.13. The number of aromatic nitrogens is 1. The molecule has 1 heterocycles. The highest BCUT2D eigenvalue weighted by atomic mass is 15.2. The van der Waals surface area contributed by atoms with Gasteiger partial charge < -0.3 is 0 Å². The van der Waals surface area contributed by atoms with Gasteiger partial charge in [0.25, 0.3) is 0 Å². The lowest BCUT2D eigenvalue weighted by molar-refractivity contribution is 0.950. The Bertz CT molecular complexity index is 474. The second kappa shape index (κ2) is 4.94. The minimum Gasteiger partial charge on any atom is -0.259 e. The van der Waals surface area contributed by atoms with Gasteiger partial charge in [0.2, 0.25) is 0 Å². The van der Waals surface area contributed by atoms with Crippen molar-refractivity contribution in [3.63, 3.8) is 0 Å². The van der Waals surface area contributed by atoms with Crippen molar-refractivity contribution >= 4 is 5.82 Å². The van der Waals surface area contributed by atoms with Crippen LogP contribution < -0.4 is 4.90 Å². The number of rotatable bonds is 3. The second-order valence-corrected chi connectivity index (χ2v) is 3.36. The van der Waals surface area contributed by atoms with Crippen molar-refractivity contribution in [3.8, 4) is 6.19 Å². The Balaban J connectivity index is 2.17. The summed E-state index contributed by atoms with van der Waals surface area (Å²) >= 11 is 0. The van der Waals surface area contributed by atoms with Crippen molar-refractivity contribution in [3.05, 3.63) is 60.3 Å². The highest BCUT2D eigenvalue weighted by molar-refractivity contribution is 5.43. The molecule has 0 unspecified atom stereocenters. The van der Waals surface area contributed by atoms with E-state index in [2.05, 4.69) is 11.2 Å². The van der Waals surface area contributed by atoms with Crippen LogP contribution >= 0.6 is 0 Å². The molecule has 3 heteroatoms. The molecule has 2 rings (SSSR count). The Morgan fingerprint density at radius 2 is 1.81 bits per heavy atom. The summed E-state index contributed by atoms with van der Waals surface area (Å²) in [6, 6.07) is 15.4. The zero-order valence-electron chi connectivity index (χ0n) is 8.74. The van der Waals surface area contributed by atoms with Crippen LogP contribution in [0.2, 0.25) is 0 Å². The maximum Gasteiger partial charge on any atom is 0.185 e. The van der Waals surface area contributed by atoms with E-state index in [4.69, 9.17) is 5.26 Å². The molecule has 0 saturated carbocycles. The highest BCUT2D eigenvalue weighted by Gasteiger charge is 2.06. The molecule has 16 heavy (non-hydrogen) atoms. The second-order valence-electron chi connectivity index (χ2n) is 3.36. The minimum absolute atomic E-state index is 0.550. The molecule has 78 valence electrons. The van der Waals surface area contributed by atoms with Crippen molar-refractivity contribution in [1.82, 2.24) is 4.98 Å². The number of benzene rings is 1. The highest BCUT2D eigenvalue weighted by Crippen LogP contribution is 2.12. The number of hydrogen-bond acceptors (Lipinski definition) is 3. The topological polar surface area (TPSA) is 39.9 Å². The quantitative estimate of drug-likeness (QED) is 0.576. The van der Waals surface area contributed by atoms with Crippen LogP contribution in [0.5, 0.6) is 0 Å². The summed E-state index contributed by atoms with van der Waals surface area (Å²) in [7, 11) is 0. The van der Waals surface area contributed by atoms with Crippen molar-refractivity contribution in [1.29, 1.82) is 5.26 Å². The molecular formula is C13H11N3.